The van der Waals surface area contributed by atoms with Gasteiger partial charge in [-0.2, -0.15) is 43.9 Å². The number of aromatic nitrogens is 6. The lowest BCUT2D eigenvalue weighted by Gasteiger charge is -2.43. The Labute approximate surface area is 770 Å². The first-order valence-electron chi connectivity index (χ1n) is 44.7. The van der Waals surface area contributed by atoms with Gasteiger partial charge in [-0.1, -0.05) is 24.3 Å². The van der Waals surface area contributed by atoms with E-state index in [1.54, 1.807) is 52.4 Å². The quantitative estimate of drug-likeness (QED) is 0.0220. The van der Waals surface area contributed by atoms with Gasteiger partial charge in [-0.3, -0.25) is 77.9 Å². The highest BCUT2D eigenvalue weighted by Gasteiger charge is 2.53. The van der Waals surface area contributed by atoms with Crippen molar-refractivity contribution in [3.63, 3.8) is 0 Å². The van der Waals surface area contributed by atoms with E-state index in [-0.39, 0.29) is 118 Å². The third kappa shape index (κ3) is 19.7. The minimum absolute atomic E-state index is 0.00403. The molecule has 4 aromatic carbocycles. The lowest BCUT2D eigenvalue weighted by molar-refractivity contribution is -0.138. The van der Waals surface area contributed by atoms with Gasteiger partial charge in [-0.25, -0.2) is 9.97 Å². The van der Waals surface area contributed by atoms with Crippen molar-refractivity contribution in [2.24, 2.45) is 0 Å². The van der Waals surface area contributed by atoms with Crippen LogP contribution in [-0.2, 0) is 50.3 Å². The third-order valence-corrected chi connectivity index (χ3v) is 27.0. The molecule has 7 fully saturated rings. The Balaban J connectivity index is 0.000000152. The highest BCUT2D eigenvalue weighted by Crippen LogP contribution is 2.45. The maximum absolute atomic E-state index is 14.4. The topological polar surface area (TPSA) is 297 Å². The molecule has 10 aromatic rings. The number of ether oxygens (including phenoxy) is 4. The summed E-state index contributed by atoms with van der Waals surface area (Å²) in [4.78, 5) is 126. The smallest absolute Gasteiger partial charge is 0.494 e. The number of hydrogen-bond donors (Lipinski definition) is 2. The second-order valence-corrected chi connectivity index (χ2v) is 36.7. The van der Waals surface area contributed by atoms with Crippen LogP contribution < -0.4 is 35.4 Å². The zero-order valence-electron chi connectivity index (χ0n) is 73.5. The molecule has 0 saturated carbocycles. The second kappa shape index (κ2) is 38.7. The number of halogens is 11. The number of carbonyl (C=O) groups is 8. The number of anilines is 2. The lowest BCUT2D eigenvalue weighted by atomic mass is 9.79. The van der Waals surface area contributed by atoms with E-state index in [1.807, 2.05) is 39.8 Å². The van der Waals surface area contributed by atoms with Gasteiger partial charge in [0.2, 0.25) is 23.6 Å². The fourth-order valence-electron chi connectivity index (χ4n) is 18.7. The Morgan fingerprint density at radius 3 is 1.34 bits per heavy atom. The summed E-state index contributed by atoms with van der Waals surface area (Å²) in [6.07, 6.45) is 8.45. The molecule has 2 unspecified atom stereocenters. The van der Waals surface area contributed by atoms with E-state index < -0.39 is 114 Å². The fraction of sp³-hybridized carbons (Fsp3) is 0.447. The van der Waals surface area contributed by atoms with Gasteiger partial charge >= 0.3 is 32.6 Å². The van der Waals surface area contributed by atoms with Crippen molar-refractivity contribution in [3.8, 4) is 22.6 Å². The summed E-state index contributed by atoms with van der Waals surface area (Å²) in [6.45, 7) is 9.90. The van der Waals surface area contributed by atoms with Crippen molar-refractivity contribution >= 4 is 131 Å². The maximum Gasteiger partial charge on any atom is 0.494 e. The fourth-order valence-corrected chi connectivity index (χ4v) is 19.0. The molecule has 134 heavy (non-hydrogen) atoms. The van der Waals surface area contributed by atoms with E-state index in [2.05, 4.69) is 56.3 Å². The van der Waals surface area contributed by atoms with Gasteiger partial charge in [-0.05, 0) is 218 Å². The monoisotopic (exact) mass is 1920 g/mol. The average Bonchev–Trinajstić information content (AvgIpc) is 1.49. The summed E-state index contributed by atoms with van der Waals surface area (Å²) in [5, 5.41) is 6.87. The van der Waals surface area contributed by atoms with Gasteiger partial charge < -0.3 is 47.9 Å². The number of pyridine rings is 4. The Kier molecular flexibility index (Phi) is 27.2. The van der Waals surface area contributed by atoms with Crippen LogP contribution in [-0.4, -0.2) is 229 Å². The summed E-state index contributed by atoms with van der Waals surface area (Å²) in [5.74, 6) is -3.73. The third-order valence-electron chi connectivity index (χ3n) is 26.5. The van der Waals surface area contributed by atoms with Crippen molar-refractivity contribution in [2.45, 2.75) is 191 Å². The number of nitrogens with zero attached hydrogens (tertiary/aromatic N) is 12. The summed E-state index contributed by atoms with van der Waals surface area (Å²) >= 11 is 3.07. The molecule has 8 amide bonds. The van der Waals surface area contributed by atoms with Crippen molar-refractivity contribution in [2.75, 3.05) is 88.5 Å². The molecular weight excluding hydrogens is 1830 g/mol. The molecule has 15 heterocycles. The molecule has 0 spiro atoms. The zero-order chi connectivity index (χ0) is 94.6. The molecule has 40 heteroatoms. The molecule has 0 aliphatic carbocycles. The number of hydrogen-bond acceptors (Lipinski definition) is 22. The van der Waals surface area contributed by atoms with Crippen molar-refractivity contribution in [3.05, 3.63) is 172 Å². The van der Waals surface area contributed by atoms with Crippen LogP contribution in [0.4, 0.5) is 55.5 Å². The molecule has 7 saturated heterocycles. The summed E-state index contributed by atoms with van der Waals surface area (Å²) in [5.41, 5.74) is 0.773. The van der Waals surface area contributed by atoms with E-state index in [0.717, 1.165) is 145 Å². The minimum Gasteiger partial charge on any atom is -0.494 e. The van der Waals surface area contributed by atoms with Gasteiger partial charge in [0.25, 0.3) is 23.6 Å². The predicted molar refractivity (Wildman–Crippen MR) is 476 cm³/mol. The summed E-state index contributed by atoms with van der Waals surface area (Å²) in [6, 6.07) is 22.6. The van der Waals surface area contributed by atoms with Crippen LogP contribution in [0.5, 0.6) is 11.5 Å². The Morgan fingerprint density at radius 2 is 0.896 bits per heavy atom. The number of unbranched alkanes of at least 4 members (excludes halogenated alkanes) is 4. The van der Waals surface area contributed by atoms with E-state index in [1.165, 1.54) is 67.4 Å². The second-order valence-electron chi connectivity index (χ2n) is 35.8. The number of alkyl halides is 10. The normalized spacial score (nSPS) is 20.0. The standard InChI is InChI=1S/C44H42F5N7O6.C32H35BrF3N5O6.C18H19BF2N2O2/c45-43(46)55-35-10-13-50-22-33(35)30-6-4-25(19-37(30)55)26-18-34(44(47,48)49)39(51-21-26)54-23-29(24-54)62-27-11-15-53(16-12-27)14-2-1-3-17-61-28-5-7-31-32(20-28)42(60)56(41(31)59)36-8-9-38(57)52-40(36)58;33-19-14-25(32(34,35)36)28(37-16-19)40-17-22(18-40)47-20-8-11-39(12-9-20)10-2-1-3-13-46-21-4-5-23-24(15-21)31(45)41(30(23)44)26-6-7-27(42)38-29(26)43;1-17(2)18(3,4)25-19(24-17)11-5-6-12-13-10-22-8-7-14(13)23(16(20)21)15(12)9-11/h4-7,10,13,18-22,27,29,36,43H,1-3,8-9,11-12,14-17,23-24H2,(H,52,57,58);4-5,14-16,20,22,26H,1-3,6-13,17-18H2,(H,38,42,43);5-10,16H,1-4H3. The zero-order valence-corrected chi connectivity index (χ0v) is 75.1. The molecule has 6 aromatic heterocycles. The Hall–Kier alpha value is -11.6. The first-order valence-corrected chi connectivity index (χ1v) is 45.5. The van der Waals surface area contributed by atoms with Crippen LogP contribution in [0.15, 0.2) is 139 Å². The van der Waals surface area contributed by atoms with Crippen molar-refractivity contribution < 1.29 is 111 Å². The van der Waals surface area contributed by atoms with Crippen LogP contribution in [0.1, 0.15) is 183 Å². The SMILES string of the molecule is CC1(C)OB(c2ccc3c4cnccc4n(C(F)F)c3c2)OC1(C)C.O=C1CCC(N2C(=O)c3ccc(OCCCCCN4CCC(OC5CN(c6ncc(-c7ccc8c9cnccc9n(C(F)F)c8c7)cc6C(F)(F)F)C5)CC4)cc3C2=O)C(=O)N1.O=C1CCC(N2C(=O)c3ccc(OCCCCCN4CCC(OC5CN(c6ncc(Br)cc6C(F)(F)F)C5)CC4)cc3C2=O)C(=O)N1. The molecular formula is C94H96BBrF10N14O14. The molecule has 2 atom stereocenters. The van der Waals surface area contributed by atoms with Crippen LogP contribution in [0.2, 0.25) is 0 Å². The van der Waals surface area contributed by atoms with Crippen LogP contribution >= 0.6 is 15.9 Å². The molecule has 2 N–H and O–H groups in total. The van der Waals surface area contributed by atoms with E-state index in [4.69, 9.17) is 28.3 Å². The highest BCUT2D eigenvalue weighted by molar-refractivity contribution is 9.10. The van der Waals surface area contributed by atoms with E-state index in [9.17, 15) is 82.3 Å². The van der Waals surface area contributed by atoms with Gasteiger partial charge in [0.1, 0.15) is 35.2 Å². The number of fused-ring (bicyclic) bond motifs is 8. The first-order chi connectivity index (χ1) is 64.0. The first kappa shape index (κ1) is 94.2. The minimum atomic E-state index is -4.70. The van der Waals surface area contributed by atoms with Gasteiger partial charge in [-0.15, -0.1) is 0 Å². The number of carbonyl (C=O) groups excluding carboxylic acids is 8. The maximum atomic E-state index is 14.4. The van der Waals surface area contributed by atoms with Gasteiger partial charge in [0.15, 0.2) is 0 Å². The molecule has 9 aliphatic rings. The van der Waals surface area contributed by atoms with Crippen molar-refractivity contribution in [1.29, 1.82) is 0 Å². The number of rotatable bonds is 26. The van der Waals surface area contributed by atoms with Crippen LogP contribution in [0.25, 0.3) is 54.7 Å². The molecule has 0 radical (unpaired) electrons. The number of nitrogens with one attached hydrogen (secondary N) is 2. The molecule has 706 valence electrons. The largest absolute Gasteiger partial charge is 0.494 e. The highest BCUT2D eigenvalue weighted by atomic mass is 79.9. The molecule has 28 nitrogen and oxygen atoms in total. The van der Waals surface area contributed by atoms with Crippen LogP contribution in [0, 0.1) is 0 Å². The number of piperidine rings is 4. The Bertz CT molecular complexity index is 6180. The van der Waals surface area contributed by atoms with Crippen molar-refractivity contribution in [1.82, 2.24) is 59.3 Å². The van der Waals surface area contributed by atoms with E-state index >= 15 is 0 Å². The average molecular weight is 1930 g/mol. The van der Waals surface area contributed by atoms with Gasteiger partial charge in [0, 0.05) is 134 Å². The summed E-state index contributed by atoms with van der Waals surface area (Å²) in [7, 11) is -0.586. The Morgan fingerprint density at radius 1 is 0.463 bits per heavy atom. The van der Waals surface area contributed by atoms with E-state index in [0.29, 0.717) is 70.6 Å². The van der Waals surface area contributed by atoms with Crippen LogP contribution in [0.3, 0.4) is 0 Å². The molecule has 9 aliphatic heterocycles. The number of amides is 8. The predicted octanol–water partition coefficient (Wildman–Crippen LogP) is 15.1. The molecule has 0 bridgehead atoms. The lowest BCUT2D eigenvalue weighted by Crippen LogP contribution is -2.55. The summed E-state index contributed by atoms with van der Waals surface area (Å²) < 4.78 is 178. The number of imide groups is 4. The number of likely N-dealkylation sites (tertiary alicyclic amines) is 2. The molecule has 19 rings (SSSR count). The number of benzene rings is 4. The van der Waals surface area contributed by atoms with Gasteiger partial charge in [0.05, 0.1) is 104 Å².